The first-order valence-corrected chi connectivity index (χ1v) is 10.7. The molecular formula is C23H20N4O3S. The second-order valence-corrected chi connectivity index (χ2v) is 8.14. The maximum atomic E-state index is 13.2. The minimum atomic E-state index is -0.292. The standard InChI is InChI=1S/C23H20N4O3S/c24-11-13-30-17-9-7-16(8-10-17)26-22(29)20-18-5-1-2-6-19(18)31-23(20)27-21(28)15-4-3-12-25-14-15/h3-4,7-10,12,14H,1-2,5-6,13H2,(H,26,29)(H,27,28). The molecule has 1 aliphatic carbocycles. The number of aryl methyl sites for hydroxylation is 1. The van der Waals surface area contributed by atoms with Gasteiger partial charge in [-0.05, 0) is 67.6 Å². The normalized spacial score (nSPS) is 12.4. The van der Waals surface area contributed by atoms with Crippen molar-refractivity contribution in [1.82, 2.24) is 4.98 Å². The SMILES string of the molecule is N#CCOc1ccc(NC(=O)c2c(NC(=O)c3cccnc3)sc3c2CCCC3)cc1. The van der Waals surface area contributed by atoms with Gasteiger partial charge in [0.2, 0.25) is 0 Å². The Kier molecular flexibility index (Phi) is 6.24. The zero-order chi connectivity index (χ0) is 21.6. The molecule has 0 unspecified atom stereocenters. The summed E-state index contributed by atoms with van der Waals surface area (Å²) in [5.74, 6) is 0.00297. The molecule has 1 aromatic carbocycles. The molecule has 0 saturated heterocycles. The number of carbonyl (C=O) groups is 2. The second-order valence-electron chi connectivity index (χ2n) is 7.04. The van der Waals surface area contributed by atoms with E-state index < -0.39 is 0 Å². The van der Waals surface area contributed by atoms with Crippen LogP contribution in [0.25, 0.3) is 0 Å². The average molecular weight is 433 g/mol. The molecular weight excluding hydrogens is 412 g/mol. The van der Waals surface area contributed by atoms with Crippen LogP contribution < -0.4 is 15.4 Å². The first-order chi connectivity index (χ1) is 15.2. The van der Waals surface area contributed by atoms with Gasteiger partial charge in [-0.2, -0.15) is 5.26 Å². The molecule has 0 radical (unpaired) electrons. The largest absolute Gasteiger partial charge is 0.479 e. The molecule has 31 heavy (non-hydrogen) atoms. The molecule has 1 aliphatic rings. The molecule has 8 heteroatoms. The summed E-state index contributed by atoms with van der Waals surface area (Å²) >= 11 is 1.47. The molecule has 0 bridgehead atoms. The summed E-state index contributed by atoms with van der Waals surface area (Å²) < 4.78 is 5.24. The Bertz CT molecular complexity index is 1130. The van der Waals surface area contributed by atoms with E-state index in [1.165, 1.54) is 17.5 Å². The maximum absolute atomic E-state index is 13.2. The molecule has 156 valence electrons. The highest BCUT2D eigenvalue weighted by Crippen LogP contribution is 2.38. The third-order valence-electron chi connectivity index (χ3n) is 4.96. The van der Waals surface area contributed by atoms with E-state index in [1.807, 2.05) is 6.07 Å². The van der Waals surface area contributed by atoms with Crippen molar-refractivity contribution in [3.8, 4) is 11.8 Å². The van der Waals surface area contributed by atoms with Gasteiger partial charge < -0.3 is 15.4 Å². The smallest absolute Gasteiger partial charge is 0.258 e. The lowest BCUT2D eigenvalue weighted by Gasteiger charge is -2.13. The van der Waals surface area contributed by atoms with Crippen molar-refractivity contribution in [2.24, 2.45) is 0 Å². The number of nitriles is 1. The highest BCUT2D eigenvalue weighted by Gasteiger charge is 2.26. The summed E-state index contributed by atoms with van der Waals surface area (Å²) in [6, 6.07) is 12.1. The summed E-state index contributed by atoms with van der Waals surface area (Å²) in [5, 5.41) is 15.0. The Morgan fingerprint density at radius 3 is 2.65 bits per heavy atom. The van der Waals surface area contributed by atoms with Crippen LogP contribution in [0.5, 0.6) is 5.75 Å². The number of benzene rings is 1. The van der Waals surface area contributed by atoms with Crippen molar-refractivity contribution in [2.45, 2.75) is 25.7 Å². The Morgan fingerprint density at radius 2 is 1.90 bits per heavy atom. The fourth-order valence-corrected chi connectivity index (χ4v) is 4.79. The highest BCUT2D eigenvalue weighted by molar-refractivity contribution is 7.17. The van der Waals surface area contributed by atoms with Crippen LogP contribution in [0, 0.1) is 11.3 Å². The van der Waals surface area contributed by atoms with E-state index in [4.69, 9.17) is 10.00 Å². The van der Waals surface area contributed by atoms with Gasteiger partial charge in [0.15, 0.2) is 6.61 Å². The zero-order valence-corrected chi connectivity index (χ0v) is 17.5. The first kappa shape index (κ1) is 20.6. The average Bonchev–Trinajstić information content (AvgIpc) is 3.17. The van der Waals surface area contributed by atoms with Crippen LogP contribution in [0.1, 0.15) is 44.0 Å². The lowest BCUT2D eigenvalue weighted by atomic mass is 9.95. The number of amides is 2. The molecule has 2 amide bonds. The number of rotatable bonds is 6. The Hall–Kier alpha value is -3.70. The van der Waals surface area contributed by atoms with Gasteiger partial charge in [0.1, 0.15) is 16.8 Å². The number of anilines is 2. The van der Waals surface area contributed by atoms with Gasteiger partial charge in [-0.1, -0.05) is 0 Å². The number of carbonyl (C=O) groups excluding carboxylic acids is 2. The van der Waals surface area contributed by atoms with Gasteiger partial charge in [-0.3, -0.25) is 14.6 Å². The fourth-order valence-electron chi connectivity index (χ4n) is 3.51. The summed E-state index contributed by atoms with van der Waals surface area (Å²) in [6.07, 6.45) is 6.93. The van der Waals surface area contributed by atoms with Gasteiger partial charge in [0.05, 0.1) is 11.1 Å². The number of thiophene rings is 1. The number of hydrogen-bond acceptors (Lipinski definition) is 6. The van der Waals surface area contributed by atoms with Crippen molar-refractivity contribution in [3.05, 3.63) is 70.4 Å². The van der Waals surface area contributed by atoms with Crippen LogP contribution in [-0.2, 0) is 12.8 Å². The van der Waals surface area contributed by atoms with Gasteiger partial charge in [-0.25, -0.2) is 0 Å². The number of fused-ring (bicyclic) bond motifs is 1. The van der Waals surface area contributed by atoms with E-state index in [0.717, 1.165) is 36.1 Å². The number of aromatic nitrogens is 1. The molecule has 0 aliphatic heterocycles. The number of nitrogens with one attached hydrogen (secondary N) is 2. The Balaban J connectivity index is 1.57. The van der Waals surface area contributed by atoms with Crippen LogP contribution in [0.3, 0.4) is 0 Å². The van der Waals surface area contributed by atoms with E-state index in [0.29, 0.717) is 27.6 Å². The predicted octanol–water partition coefficient (Wildman–Crippen LogP) is 4.43. The van der Waals surface area contributed by atoms with Crippen molar-refractivity contribution < 1.29 is 14.3 Å². The molecule has 3 aromatic rings. The summed E-state index contributed by atoms with van der Waals surface area (Å²) in [5.41, 5.74) is 2.59. The van der Waals surface area contributed by atoms with E-state index in [1.54, 1.807) is 42.6 Å². The quantitative estimate of drug-likeness (QED) is 0.600. The highest BCUT2D eigenvalue weighted by atomic mass is 32.1. The van der Waals surface area contributed by atoms with Crippen LogP contribution >= 0.6 is 11.3 Å². The summed E-state index contributed by atoms with van der Waals surface area (Å²) in [6.45, 7) is -0.0350. The fraction of sp³-hybridized carbons (Fsp3) is 0.217. The number of pyridine rings is 1. The lowest BCUT2D eigenvalue weighted by molar-refractivity contribution is 0.102. The van der Waals surface area contributed by atoms with Crippen LogP contribution in [0.2, 0.25) is 0 Å². The number of nitrogens with zero attached hydrogens (tertiary/aromatic N) is 2. The summed E-state index contributed by atoms with van der Waals surface area (Å²) in [4.78, 5) is 31.0. The van der Waals surface area contributed by atoms with Crippen molar-refractivity contribution in [3.63, 3.8) is 0 Å². The first-order valence-electron chi connectivity index (χ1n) is 9.93. The minimum Gasteiger partial charge on any atom is -0.479 e. The molecule has 0 saturated carbocycles. The van der Waals surface area contributed by atoms with E-state index in [-0.39, 0.29) is 18.4 Å². The molecule has 7 nitrogen and oxygen atoms in total. The molecule has 0 spiro atoms. The zero-order valence-electron chi connectivity index (χ0n) is 16.7. The third-order valence-corrected chi connectivity index (χ3v) is 6.17. The lowest BCUT2D eigenvalue weighted by Crippen LogP contribution is -2.18. The van der Waals surface area contributed by atoms with Crippen molar-refractivity contribution in [1.29, 1.82) is 5.26 Å². The summed E-state index contributed by atoms with van der Waals surface area (Å²) in [7, 11) is 0. The van der Waals surface area contributed by atoms with Crippen LogP contribution in [0.4, 0.5) is 10.7 Å². The van der Waals surface area contributed by atoms with Crippen LogP contribution in [-0.4, -0.2) is 23.4 Å². The predicted molar refractivity (Wildman–Crippen MR) is 119 cm³/mol. The van der Waals surface area contributed by atoms with Gasteiger partial charge >= 0.3 is 0 Å². The monoisotopic (exact) mass is 432 g/mol. The second kappa shape index (κ2) is 9.41. The molecule has 2 heterocycles. The van der Waals surface area contributed by atoms with E-state index in [2.05, 4.69) is 15.6 Å². The molecule has 2 N–H and O–H groups in total. The van der Waals surface area contributed by atoms with Gasteiger partial charge in [-0.15, -0.1) is 11.3 Å². The Morgan fingerprint density at radius 1 is 1.10 bits per heavy atom. The van der Waals surface area contributed by atoms with Crippen molar-refractivity contribution in [2.75, 3.05) is 17.2 Å². The molecule has 2 aromatic heterocycles. The maximum Gasteiger partial charge on any atom is 0.258 e. The molecule has 4 rings (SSSR count). The number of hydrogen-bond donors (Lipinski definition) is 2. The van der Waals surface area contributed by atoms with E-state index >= 15 is 0 Å². The van der Waals surface area contributed by atoms with Gasteiger partial charge in [0, 0.05) is 23.0 Å². The van der Waals surface area contributed by atoms with Crippen molar-refractivity contribution >= 4 is 33.8 Å². The topological polar surface area (TPSA) is 104 Å². The third kappa shape index (κ3) is 4.73. The number of ether oxygens (including phenoxy) is 1. The van der Waals surface area contributed by atoms with E-state index in [9.17, 15) is 9.59 Å². The minimum absolute atomic E-state index is 0.0350. The van der Waals surface area contributed by atoms with Gasteiger partial charge in [0.25, 0.3) is 11.8 Å². The Labute approximate surface area is 183 Å². The van der Waals surface area contributed by atoms with Crippen LogP contribution in [0.15, 0.2) is 48.8 Å². The molecule has 0 fully saturated rings. The molecule has 0 atom stereocenters.